The van der Waals surface area contributed by atoms with Crippen LogP contribution in [0.2, 0.25) is 0 Å². The molecule has 2 atom stereocenters. The molecule has 0 aliphatic heterocycles. The van der Waals surface area contributed by atoms with E-state index < -0.39 is 0 Å². The van der Waals surface area contributed by atoms with Gasteiger partial charge in [0, 0.05) is 19.2 Å². The Labute approximate surface area is 94.2 Å². The van der Waals surface area contributed by atoms with E-state index in [0.717, 1.165) is 6.42 Å². The number of nitrogens with one attached hydrogen (secondary N) is 1. The van der Waals surface area contributed by atoms with Crippen LogP contribution in [-0.4, -0.2) is 37.5 Å². The molecule has 0 saturated heterocycles. The molecular formula is C12H27NO2. The van der Waals surface area contributed by atoms with E-state index in [1.807, 2.05) is 0 Å². The van der Waals surface area contributed by atoms with E-state index in [0.29, 0.717) is 24.5 Å². The van der Waals surface area contributed by atoms with Gasteiger partial charge in [-0.1, -0.05) is 27.7 Å². The molecule has 0 aromatic carbocycles. The van der Waals surface area contributed by atoms with Crippen molar-refractivity contribution in [3.63, 3.8) is 0 Å². The Morgan fingerprint density at radius 2 is 1.80 bits per heavy atom. The van der Waals surface area contributed by atoms with E-state index in [-0.39, 0.29) is 12.6 Å². The average molecular weight is 217 g/mol. The number of aliphatic hydroxyl groups excluding tert-OH is 1. The van der Waals surface area contributed by atoms with Crippen molar-refractivity contribution in [2.45, 2.75) is 46.2 Å². The fraction of sp³-hybridized carbons (Fsp3) is 1.00. The molecule has 0 rings (SSSR count). The van der Waals surface area contributed by atoms with Gasteiger partial charge in [0.05, 0.1) is 13.2 Å². The highest BCUT2D eigenvalue weighted by atomic mass is 16.5. The van der Waals surface area contributed by atoms with E-state index in [2.05, 4.69) is 33.0 Å². The first kappa shape index (κ1) is 14.9. The van der Waals surface area contributed by atoms with Crippen molar-refractivity contribution in [2.24, 2.45) is 11.8 Å². The van der Waals surface area contributed by atoms with Crippen molar-refractivity contribution < 1.29 is 9.84 Å². The number of ether oxygens (including phenoxy) is 1. The van der Waals surface area contributed by atoms with Crippen molar-refractivity contribution in [2.75, 3.05) is 20.3 Å². The molecule has 15 heavy (non-hydrogen) atoms. The fourth-order valence-electron chi connectivity index (χ4n) is 1.68. The topological polar surface area (TPSA) is 41.5 Å². The minimum atomic E-state index is 0.188. The molecule has 0 radical (unpaired) electrons. The summed E-state index contributed by atoms with van der Waals surface area (Å²) >= 11 is 0. The average Bonchev–Trinajstić information content (AvgIpc) is 2.14. The SMILES string of the molecule is COCC(NC(CO)CC(C)C)C(C)C. The van der Waals surface area contributed by atoms with E-state index in [1.165, 1.54) is 0 Å². The predicted molar refractivity (Wildman–Crippen MR) is 64.0 cm³/mol. The zero-order valence-corrected chi connectivity index (χ0v) is 10.8. The Hall–Kier alpha value is -0.120. The van der Waals surface area contributed by atoms with Crippen LogP contribution in [0, 0.1) is 11.8 Å². The summed E-state index contributed by atoms with van der Waals surface area (Å²) in [5, 5.41) is 12.7. The molecule has 3 nitrogen and oxygen atoms in total. The van der Waals surface area contributed by atoms with Gasteiger partial charge >= 0.3 is 0 Å². The number of methoxy groups -OCH3 is 1. The van der Waals surface area contributed by atoms with Crippen LogP contribution in [0.15, 0.2) is 0 Å². The lowest BCUT2D eigenvalue weighted by atomic mass is 10.00. The molecule has 0 saturated carbocycles. The quantitative estimate of drug-likeness (QED) is 0.649. The van der Waals surface area contributed by atoms with Crippen molar-refractivity contribution in [1.29, 1.82) is 0 Å². The number of aliphatic hydroxyl groups is 1. The maximum atomic E-state index is 9.27. The van der Waals surface area contributed by atoms with Crippen LogP contribution in [0.1, 0.15) is 34.1 Å². The molecule has 92 valence electrons. The molecule has 0 aromatic heterocycles. The van der Waals surface area contributed by atoms with E-state index in [9.17, 15) is 5.11 Å². The van der Waals surface area contributed by atoms with Gasteiger partial charge in [-0.05, 0) is 18.3 Å². The molecule has 3 heteroatoms. The Bertz CT molecular complexity index is 149. The summed E-state index contributed by atoms with van der Waals surface area (Å²) in [5.74, 6) is 1.12. The van der Waals surface area contributed by atoms with Gasteiger partial charge in [0.15, 0.2) is 0 Å². The Morgan fingerprint density at radius 3 is 2.13 bits per heavy atom. The minimum absolute atomic E-state index is 0.188. The minimum Gasteiger partial charge on any atom is -0.395 e. The summed E-state index contributed by atoms with van der Waals surface area (Å²) < 4.78 is 5.17. The molecule has 2 unspecified atom stereocenters. The monoisotopic (exact) mass is 217 g/mol. The first-order valence-electron chi connectivity index (χ1n) is 5.87. The van der Waals surface area contributed by atoms with Gasteiger partial charge in [0.25, 0.3) is 0 Å². The van der Waals surface area contributed by atoms with Crippen molar-refractivity contribution >= 4 is 0 Å². The van der Waals surface area contributed by atoms with Crippen LogP contribution in [0.25, 0.3) is 0 Å². The van der Waals surface area contributed by atoms with Crippen LogP contribution in [0.3, 0.4) is 0 Å². The highest BCUT2D eigenvalue weighted by Crippen LogP contribution is 2.08. The number of hydrogen-bond acceptors (Lipinski definition) is 3. The van der Waals surface area contributed by atoms with Crippen LogP contribution >= 0.6 is 0 Å². The molecule has 0 spiro atoms. The van der Waals surface area contributed by atoms with E-state index >= 15 is 0 Å². The zero-order chi connectivity index (χ0) is 11.8. The van der Waals surface area contributed by atoms with Crippen LogP contribution in [0.4, 0.5) is 0 Å². The highest BCUT2D eigenvalue weighted by Gasteiger charge is 2.18. The lowest BCUT2D eigenvalue weighted by Crippen LogP contribution is -2.46. The molecule has 0 bridgehead atoms. The van der Waals surface area contributed by atoms with E-state index in [4.69, 9.17) is 4.74 Å². The summed E-state index contributed by atoms with van der Waals surface area (Å²) in [4.78, 5) is 0. The smallest absolute Gasteiger partial charge is 0.0618 e. The third-order valence-electron chi connectivity index (χ3n) is 2.58. The highest BCUT2D eigenvalue weighted by molar-refractivity contribution is 4.76. The Kier molecular flexibility index (Phi) is 8.02. The van der Waals surface area contributed by atoms with Gasteiger partial charge in [0.1, 0.15) is 0 Å². The summed E-state index contributed by atoms with van der Waals surface area (Å²) in [6.07, 6.45) is 1.00. The standard InChI is InChI=1S/C12H27NO2/c1-9(2)6-11(7-14)13-12(8-15-5)10(3)4/h9-14H,6-8H2,1-5H3. The van der Waals surface area contributed by atoms with Gasteiger partial charge in [-0.3, -0.25) is 0 Å². The van der Waals surface area contributed by atoms with E-state index in [1.54, 1.807) is 7.11 Å². The van der Waals surface area contributed by atoms with Crippen LogP contribution in [-0.2, 0) is 4.74 Å². The molecule has 2 N–H and O–H groups in total. The first-order chi connectivity index (χ1) is 7.01. The third kappa shape index (κ3) is 6.88. The maximum absolute atomic E-state index is 9.27. The van der Waals surface area contributed by atoms with Gasteiger partial charge < -0.3 is 15.2 Å². The molecule has 0 fully saturated rings. The second-order valence-corrected chi connectivity index (χ2v) is 4.98. The molecular weight excluding hydrogens is 190 g/mol. The summed E-state index contributed by atoms with van der Waals surface area (Å²) in [6, 6.07) is 0.512. The van der Waals surface area contributed by atoms with Crippen molar-refractivity contribution in [3.05, 3.63) is 0 Å². The third-order valence-corrected chi connectivity index (χ3v) is 2.58. The van der Waals surface area contributed by atoms with Crippen molar-refractivity contribution in [1.82, 2.24) is 5.32 Å². The predicted octanol–water partition coefficient (Wildman–Crippen LogP) is 1.65. The molecule has 0 amide bonds. The summed E-state index contributed by atoms with van der Waals surface area (Å²) in [5.41, 5.74) is 0. The van der Waals surface area contributed by atoms with Gasteiger partial charge in [-0.2, -0.15) is 0 Å². The second kappa shape index (κ2) is 8.08. The fourth-order valence-corrected chi connectivity index (χ4v) is 1.68. The zero-order valence-electron chi connectivity index (χ0n) is 10.8. The van der Waals surface area contributed by atoms with Crippen LogP contribution < -0.4 is 5.32 Å². The lowest BCUT2D eigenvalue weighted by Gasteiger charge is -2.27. The van der Waals surface area contributed by atoms with Gasteiger partial charge in [-0.25, -0.2) is 0 Å². The van der Waals surface area contributed by atoms with Gasteiger partial charge in [0.2, 0.25) is 0 Å². The Morgan fingerprint density at radius 1 is 1.20 bits per heavy atom. The Balaban J connectivity index is 4.09. The number of rotatable bonds is 8. The molecule has 0 heterocycles. The van der Waals surface area contributed by atoms with Gasteiger partial charge in [-0.15, -0.1) is 0 Å². The molecule has 0 aliphatic rings. The second-order valence-electron chi connectivity index (χ2n) is 4.98. The summed E-state index contributed by atoms with van der Waals surface area (Å²) in [6.45, 7) is 9.58. The normalized spacial score (nSPS) is 16.0. The van der Waals surface area contributed by atoms with Crippen LogP contribution in [0.5, 0.6) is 0 Å². The molecule has 0 aromatic rings. The first-order valence-corrected chi connectivity index (χ1v) is 5.87. The number of hydrogen-bond donors (Lipinski definition) is 2. The van der Waals surface area contributed by atoms with Crippen molar-refractivity contribution in [3.8, 4) is 0 Å². The lowest BCUT2D eigenvalue weighted by molar-refractivity contribution is 0.124. The maximum Gasteiger partial charge on any atom is 0.0618 e. The summed E-state index contributed by atoms with van der Waals surface area (Å²) in [7, 11) is 1.72. The largest absolute Gasteiger partial charge is 0.395 e. The molecule has 0 aliphatic carbocycles.